The molecule has 1 unspecified atom stereocenters. The molecule has 0 amide bonds. The zero-order valence-electron chi connectivity index (χ0n) is 13.3. The lowest BCUT2D eigenvalue weighted by atomic mass is 9.87. The number of hydrogen-bond acceptors (Lipinski definition) is 3. The zero-order chi connectivity index (χ0) is 21.5. The van der Waals surface area contributed by atoms with Crippen molar-refractivity contribution in [2.24, 2.45) is 0 Å². The number of alkyl halides is 9. The van der Waals surface area contributed by atoms with Gasteiger partial charge in [0.05, 0.1) is 0 Å². The third-order valence-electron chi connectivity index (χ3n) is 3.63. The molecule has 0 aliphatic carbocycles. The molecule has 0 spiro atoms. The first-order valence-electron chi connectivity index (χ1n) is 6.98. The van der Waals surface area contributed by atoms with Gasteiger partial charge < -0.3 is 15.3 Å². The fourth-order valence-corrected chi connectivity index (χ4v) is 1.96. The molecule has 0 fully saturated rings. The highest BCUT2D eigenvalue weighted by atomic mass is 19.4. The molecule has 0 bridgehead atoms. The fraction of sp³-hybridized carbons (Fsp3) is 0.467. The topological polar surface area (TPSA) is 60.7 Å². The normalized spacial score (nSPS) is 17.0. The monoisotopic (exact) mass is 412 g/mol. The van der Waals surface area contributed by atoms with Crippen LogP contribution in [-0.2, 0) is 0 Å². The number of benzene rings is 1. The van der Waals surface area contributed by atoms with E-state index in [0.29, 0.717) is 0 Å². The maximum absolute atomic E-state index is 12.9. The van der Waals surface area contributed by atoms with Gasteiger partial charge in [-0.1, -0.05) is 12.1 Å². The molecule has 0 saturated carbocycles. The quantitative estimate of drug-likeness (QED) is 0.646. The van der Waals surface area contributed by atoms with Crippen molar-refractivity contribution in [1.82, 2.24) is 0 Å². The summed E-state index contributed by atoms with van der Waals surface area (Å²) >= 11 is 0. The number of aliphatic hydroxyl groups is 2. The molecule has 0 aliphatic rings. The van der Waals surface area contributed by atoms with Crippen LogP contribution in [-0.4, -0.2) is 45.1 Å². The predicted molar refractivity (Wildman–Crippen MR) is 74.4 cm³/mol. The van der Waals surface area contributed by atoms with Crippen LogP contribution < -0.4 is 0 Å². The molecule has 27 heavy (non-hydrogen) atoms. The summed E-state index contributed by atoms with van der Waals surface area (Å²) < 4.78 is 116. The van der Waals surface area contributed by atoms with E-state index in [1.54, 1.807) is 0 Å². The molecule has 1 aromatic carbocycles. The van der Waals surface area contributed by atoms with E-state index in [9.17, 15) is 49.7 Å². The van der Waals surface area contributed by atoms with Crippen molar-refractivity contribution in [3.63, 3.8) is 0 Å². The summed E-state index contributed by atoms with van der Waals surface area (Å²) in [5.74, 6) is -0.470. The van der Waals surface area contributed by atoms with E-state index in [0.717, 1.165) is 24.3 Å². The Morgan fingerprint density at radius 2 is 1.22 bits per heavy atom. The van der Waals surface area contributed by atoms with Crippen LogP contribution in [0.1, 0.15) is 18.9 Å². The summed E-state index contributed by atoms with van der Waals surface area (Å²) in [5.41, 5.74) is -11.1. The third-order valence-corrected chi connectivity index (χ3v) is 3.63. The van der Waals surface area contributed by atoms with Gasteiger partial charge in [0.2, 0.25) is 0 Å². The molecule has 0 heterocycles. The fourth-order valence-electron chi connectivity index (χ4n) is 1.96. The van der Waals surface area contributed by atoms with Crippen LogP contribution in [0.25, 0.3) is 5.57 Å². The minimum atomic E-state index is -6.31. The van der Waals surface area contributed by atoms with E-state index in [-0.39, 0.29) is 6.92 Å². The summed E-state index contributed by atoms with van der Waals surface area (Å²) in [4.78, 5) is 0. The summed E-state index contributed by atoms with van der Waals surface area (Å²) in [6, 6.07) is 3.07. The highest BCUT2D eigenvalue weighted by Crippen LogP contribution is 2.47. The molecule has 12 heteroatoms. The van der Waals surface area contributed by atoms with Crippen molar-refractivity contribution >= 4 is 5.57 Å². The van der Waals surface area contributed by atoms with Gasteiger partial charge in [-0.05, 0) is 36.3 Å². The van der Waals surface area contributed by atoms with Gasteiger partial charge in [0.25, 0.3) is 5.60 Å². The molecule has 0 aliphatic heterocycles. The molecule has 1 atom stereocenters. The molecule has 1 rings (SSSR count). The van der Waals surface area contributed by atoms with Crippen molar-refractivity contribution in [3.05, 3.63) is 35.9 Å². The summed E-state index contributed by atoms with van der Waals surface area (Å²) in [7, 11) is 0. The maximum Gasteiger partial charge on any atom is 0.430 e. The molecule has 1 aromatic rings. The second kappa shape index (κ2) is 6.89. The Balaban J connectivity index is 3.66. The van der Waals surface area contributed by atoms with Crippen LogP contribution in [0.3, 0.4) is 0 Å². The van der Waals surface area contributed by atoms with Crippen LogP contribution in [0.2, 0.25) is 0 Å². The molecule has 3 nitrogen and oxygen atoms in total. The Kier molecular flexibility index (Phi) is 5.90. The highest BCUT2D eigenvalue weighted by Gasteiger charge is 2.69. The largest absolute Gasteiger partial charge is 0.508 e. The average Bonchev–Trinajstić information content (AvgIpc) is 2.43. The number of rotatable bonds is 4. The first kappa shape index (κ1) is 23.1. The molecular weight excluding hydrogens is 399 g/mol. The third kappa shape index (κ3) is 4.86. The van der Waals surface area contributed by atoms with E-state index < -0.39 is 59.1 Å². The van der Waals surface area contributed by atoms with E-state index in [4.69, 9.17) is 5.11 Å². The maximum atomic E-state index is 12.9. The second-order valence-electron chi connectivity index (χ2n) is 5.93. The Labute approximate surface area is 146 Å². The van der Waals surface area contributed by atoms with Gasteiger partial charge >= 0.3 is 18.5 Å². The smallest absolute Gasteiger partial charge is 0.430 e. The van der Waals surface area contributed by atoms with Crippen LogP contribution in [0.5, 0.6) is 5.75 Å². The average molecular weight is 412 g/mol. The van der Waals surface area contributed by atoms with Gasteiger partial charge in [-0.3, -0.25) is 0 Å². The van der Waals surface area contributed by atoms with Crippen LogP contribution >= 0.6 is 0 Å². The van der Waals surface area contributed by atoms with Gasteiger partial charge in [-0.25, -0.2) is 0 Å². The van der Waals surface area contributed by atoms with Gasteiger partial charge in [0.15, 0.2) is 5.60 Å². The molecular formula is C15H13F9O3. The van der Waals surface area contributed by atoms with Gasteiger partial charge in [0, 0.05) is 6.42 Å². The Morgan fingerprint density at radius 3 is 1.56 bits per heavy atom. The van der Waals surface area contributed by atoms with Crippen LogP contribution in [0, 0.1) is 0 Å². The summed E-state index contributed by atoms with van der Waals surface area (Å²) in [5, 5.41) is 27.8. The van der Waals surface area contributed by atoms with Gasteiger partial charge in [-0.2, -0.15) is 39.5 Å². The summed E-state index contributed by atoms with van der Waals surface area (Å²) in [6.07, 6.45) is -20.6. The van der Waals surface area contributed by atoms with Crippen LogP contribution in [0.15, 0.2) is 30.3 Å². The zero-order valence-corrected chi connectivity index (χ0v) is 13.3. The second-order valence-corrected chi connectivity index (χ2v) is 5.93. The van der Waals surface area contributed by atoms with Crippen LogP contribution in [0.4, 0.5) is 39.5 Å². The molecule has 0 aromatic heterocycles. The van der Waals surface area contributed by atoms with Crippen molar-refractivity contribution in [2.45, 2.75) is 43.1 Å². The number of phenolic OH excluding ortho intramolecular Hbond substituents is 1. The number of phenols is 1. The highest BCUT2D eigenvalue weighted by molar-refractivity contribution is 5.68. The van der Waals surface area contributed by atoms with Crippen molar-refractivity contribution in [2.75, 3.05) is 0 Å². The minimum absolute atomic E-state index is 0.154. The van der Waals surface area contributed by atoms with E-state index in [2.05, 4.69) is 0 Å². The SMILES string of the molecule is CC(O)(C/C(=C\C(O)(C(F)(F)F)C(F)(F)F)c1ccc(O)cc1)C(F)(F)F. The molecule has 154 valence electrons. The molecule has 0 radical (unpaired) electrons. The van der Waals surface area contributed by atoms with Crippen molar-refractivity contribution in [1.29, 1.82) is 0 Å². The minimum Gasteiger partial charge on any atom is -0.508 e. The first-order chi connectivity index (χ1) is 11.8. The first-order valence-corrected chi connectivity index (χ1v) is 6.98. The van der Waals surface area contributed by atoms with E-state index in [1.807, 2.05) is 0 Å². The van der Waals surface area contributed by atoms with Gasteiger partial charge in [-0.15, -0.1) is 0 Å². The lowest BCUT2D eigenvalue weighted by Gasteiger charge is -2.32. The molecule has 0 saturated heterocycles. The van der Waals surface area contributed by atoms with Gasteiger partial charge in [0.1, 0.15) is 5.75 Å². The lowest BCUT2D eigenvalue weighted by molar-refractivity contribution is -0.347. The summed E-state index contributed by atoms with van der Waals surface area (Å²) in [6.45, 7) is 0.154. The number of halogens is 9. The predicted octanol–water partition coefficient (Wildman–Crippen LogP) is 4.33. The lowest BCUT2D eigenvalue weighted by Crippen LogP contribution is -2.55. The Morgan fingerprint density at radius 1 is 0.815 bits per heavy atom. The number of hydrogen-bond donors (Lipinski definition) is 3. The number of aromatic hydroxyl groups is 1. The Hall–Kier alpha value is -1.95. The molecule has 3 N–H and O–H groups in total. The van der Waals surface area contributed by atoms with Crippen molar-refractivity contribution < 1.29 is 54.8 Å². The van der Waals surface area contributed by atoms with E-state index >= 15 is 0 Å². The van der Waals surface area contributed by atoms with Crippen molar-refractivity contribution in [3.8, 4) is 5.75 Å². The Bertz CT molecular complexity index is 668. The van der Waals surface area contributed by atoms with E-state index in [1.165, 1.54) is 0 Å². The standard InChI is InChI=1S/C15H13F9O3/c1-11(26,13(16,17)18)6-9(8-2-4-10(25)5-3-8)7-12(27,14(19,20)21)15(22,23)24/h2-5,7,25-27H,6H2,1H3/b9-7+.